The van der Waals surface area contributed by atoms with Gasteiger partial charge in [0.25, 0.3) is 0 Å². The van der Waals surface area contributed by atoms with Gasteiger partial charge in [-0.25, -0.2) is 0 Å². The topological polar surface area (TPSA) is 53.1 Å². The van der Waals surface area contributed by atoms with E-state index >= 15 is 0 Å². The highest BCUT2D eigenvalue weighted by Crippen LogP contribution is 2.34. The van der Waals surface area contributed by atoms with Crippen molar-refractivity contribution in [3.05, 3.63) is 29.3 Å². The molecular weight excluding hydrogens is 267 g/mol. The standard InChI is InChI=1S/C14H20F3N3/c1-3-7-20(8-4-2)10-5-6-12(14(15,16)17)11(9-10)13(18)19/h5-6,9H,3-4,7-8H2,1-2H3,(H3,18,19). The first-order valence-corrected chi connectivity index (χ1v) is 6.61. The molecule has 112 valence electrons. The fourth-order valence-electron chi connectivity index (χ4n) is 2.11. The number of nitrogens with one attached hydrogen (secondary N) is 1. The summed E-state index contributed by atoms with van der Waals surface area (Å²) in [6.07, 6.45) is -2.70. The van der Waals surface area contributed by atoms with E-state index in [0.29, 0.717) is 5.69 Å². The van der Waals surface area contributed by atoms with Crippen LogP contribution in [0.5, 0.6) is 0 Å². The summed E-state index contributed by atoms with van der Waals surface area (Å²) in [7, 11) is 0. The molecule has 3 nitrogen and oxygen atoms in total. The molecule has 0 radical (unpaired) electrons. The molecule has 1 rings (SSSR count). The molecule has 3 N–H and O–H groups in total. The number of rotatable bonds is 6. The Morgan fingerprint density at radius 2 is 1.75 bits per heavy atom. The van der Waals surface area contributed by atoms with Crippen LogP contribution in [0, 0.1) is 5.41 Å². The van der Waals surface area contributed by atoms with E-state index in [1.165, 1.54) is 12.1 Å². The first kappa shape index (κ1) is 16.3. The highest BCUT2D eigenvalue weighted by Gasteiger charge is 2.34. The van der Waals surface area contributed by atoms with Crippen molar-refractivity contribution < 1.29 is 13.2 Å². The molecule has 0 saturated carbocycles. The zero-order valence-electron chi connectivity index (χ0n) is 11.7. The Bertz CT molecular complexity index is 463. The molecule has 6 heteroatoms. The molecule has 1 aromatic carbocycles. The highest BCUT2D eigenvalue weighted by atomic mass is 19.4. The van der Waals surface area contributed by atoms with Gasteiger partial charge in [0.05, 0.1) is 5.56 Å². The van der Waals surface area contributed by atoms with E-state index in [4.69, 9.17) is 11.1 Å². The second kappa shape index (κ2) is 6.63. The number of anilines is 1. The minimum absolute atomic E-state index is 0.257. The summed E-state index contributed by atoms with van der Waals surface area (Å²) in [6, 6.07) is 3.81. The van der Waals surface area contributed by atoms with E-state index < -0.39 is 17.6 Å². The minimum Gasteiger partial charge on any atom is -0.384 e. The van der Waals surface area contributed by atoms with E-state index in [2.05, 4.69) is 0 Å². The molecule has 0 bridgehead atoms. The van der Waals surface area contributed by atoms with Crippen molar-refractivity contribution in [1.82, 2.24) is 0 Å². The van der Waals surface area contributed by atoms with Crippen LogP contribution in [-0.2, 0) is 6.18 Å². The van der Waals surface area contributed by atoms with Gasteiger partial charge in [-0.15, -0.1) is 0 Å². The van der Waals surface area contributed by atoms with Crippen LogP contribution >= 0.6 is 0 Å². The maximum absolute atomic E-state index is 12.9. The third-order valence-corrected chi connectivity index (χ3v) is 2.95. The van der Waals surface area contributed by atoms with Gasteiger partial charge in [-0.3, -0.25) is 5.41 Å². The maximum Gasteiger partial charge on any atom is 0.417 e. The van der Waals surface area contributed by atoms with Gasteiger partial charge in [0.15, 0.2) is 0 Å². The Balaban J connectivity index is 3.24. The van der Waals surface area contributed by atoms with Crippen LogP contribution < -0.4 is 10.6 Å². The maximum atomic E-state index is 12.9. The Hall–Kier alpha value is -1.72. The number of halogens is 3. The van der Waals surface area contributed by atoms with Crippen molar-refractivity contribution in [3.8, 4) is 0 Å². The molecule has 0 heterocycles. The minimum atomic E-state index is -4.50. The van der Waals surface area contributed by atoms with Gasteiger partial charge in [-0.2, -0.15) is 13.2 Å². The van der Waals surface area contributed by atoms with Gasteiger partial charge >= 0.3 is 6.18 Å². The second-order valence-corrected chi connectivity index (χ2v) is 4.63. The zero-order valence-corrected chi connectivity index (χ0v) is 11.7. The van der Waals surface area contributed by atoms with Gasteiger partial charge in [0.2, 0.25) is 0 Å². The molecule has 0 aromatic heterocycles. The van der Waals surface area contributed by atoms with E-state index in [0.717, 1.165) is 32.0 Å². The summed E-state index contributed by atoms with van der Waals surface area (Å²) in [5.41, 5.74) is 4.85. The number of hydrogen-bond donors (Lipinski definition) is 2. The number of alkyl halides is 3. The van der Waals surface area contributed by atoms with Crippen LogP contribution in [-0.4, -0.2) is 18.9 Å². The molecule has 0 saturated heterocycles. The summed E-state index contributed by atoms with van der Waals surface area (Å²) in [6.45, 7) is 5.55. The van der Waals surface area contributed by atoms with Crippen molar-refractivity contribution >= 4 is 11.5 Å². The summed E-state index contributed by atoms with van der Waals surface area (Å²) in [5.74, 6) is -0.563. The lowest BCUT2D eigenvalue weighted by atomic mass is 10.0. The van der Waals surface area contributed by atoms with Gasteiger partial charge in [-0.05, 0) is 31.0 Å². The Kier molecular flexibility index (Phi) is 5.42. The number of nitrogens with two attached hydrogens (primary N) is 1. The van der Waals surface area contributed by atoms with Crippen molar-refractivity contribution in [1.29, 1.82) is 5.41 Å². The molecule has 1 aromatic rings. The molecule has 20 heavy (non-hydrogen) atoms. The molecule has 0 aliphatic carbocycles. The van der Waals surface area contributed by atoms with Gasteiger partial charge in [0, 0.05) is 24.3 Å². The summed E-state index contributed by atoms with van der Waals surface area (Å²) < 4.78 is 38.6. The summed E-state index contributed by atoms with van der Waals surface area (Å²) in [5, 5.41) is 7.36. The Morgan fingerprint density at radius 1 is 1.20 bits per heavy atom. The number of nitrogens with zero attached hydrogens (tertiary/aromatic N) is 1. The Morgan fingerprint density at radius 3 is 2.15 bits per heavy atom. The summed E-state index contributed by atoms with van der Waals surface area (Å²) in [4.78, 5) is 2.01. The number of nitrogen functional groups attached to an aromatic ring is 1. The monoisotopic (exact) mass is 287 g/mol. The second-order valence-electron chi connectivity index (χ2n) is 4.63. The first-order valence-electron chi connectivity index (χ1n) is 6.61. The molecule has 0 fully saturated rings. The quantitative estimate of drug-likeness (QED) is 0.620. The summed E-state index contributed by atoms with van der Waals surface area (Å²) >= 11 is 0. The SMILES string of the molecule is CCCN(CCC)c1ccc(C(F)(F)F)c(C(=N)N)c1. The third-order valence-electron chi connectivity index (χ3n) is 2.95. The van der Waals surface area contributed by atoms with Gasteiger partial charge < -0.3 is 10.6 Å². The lowest BCUT2D eigenvalue weighted by Crippen LogP contribution is -2.26. The third kappa shape index (κ3) is 3.88. The predicted octanol–water partition coefficient (Wildman–Crippen LogP) is 3.62. The van der Waals surface area contributed by atoms with Crippen LogP contribution in [0.1, 0.15) is 37.8 Å². The molecule has 0 amide bonds. The number of benzene rings is 1. The fourth-order valence-corrected chi connectivity index (χ4v) is 2.11. The van der Waals surface area contributed by atoms with E-state index in [-0.39, 0.29) is 5.56 Å². The average Bonchev–Trinajstić information content (AvgIpc) is 2.36. The first-order chi connectivity index (χ1) is 9.31. The Labute approximate surface area is 117 Å². The fraction of sp³-hybridized carbons (Fsp3) is 0.500. The predicted molar refractivity (Wildman–Crippen MR) is 75.3 cm³/mol. The lowest BCUT2D eigenvalue weighted by Gasteiger charge is -2.25. The van der Waals surface area contributed by atoms with Crippen molar-refractivity contribution in [2.45, 2.75) is 32.9 Å². The van der Waals surface area contributed by atoms with Crippen molar-refractivity contribution in [2.24, 2.45) is 5.73 Å². The molecule has 0 unspecified atom stereocenters. The van der Waals surface area contributed by atoms with E-state index in [9.17, 15) is 13.2 Å². The van der Waals surface area contributed by atoms with Crippen molar-refractivity contribution in [2.75, 3.05) is 18.0 Å². The van der Waals surface area contributed by atoms with E-state index in [1.807, 2.05) is 18.7 Å². The van der Waals surface area contributed by atoms with Gasteiger partial charge in [-0.1, -0.05) is 13.8 Å². The lowest BCUT2D eigenvalue weighted by molar-refractivity contribution is -0.137. The molecular formula is C14H20F3N3. The smallest absolute Gasteiger partial charge is 0.384 e. The normalized spacial score (nSPS) is 11.4. The number of hydrogen-bond acceptors (Lipinski definition) is 2. The largest absolute Gasteiger partial charge is 0.417 e. The molecule has 0 atom stereocenters. The number of amidine groups is 1. The highest BCUT2D eigenvalue weighted by molar-refractivity contribution is 5.97. The molecule has 0 aliphatic heterocycles. The van der Waals surface area contributed by atoms with E-state index in [1.54, 1.807) is 0 Å². The van der Waals surface area contributed by atoms with Crippen molar-refractivity contribution in [3.63, 3.8) is 0 Å². The van der Waals surface area contributed by atoms with Crippen LogP contribution in [0.3, 0.4) is 0 Å². The van der Waals surface area contributed by atoms with Gasteiger partial charge in [0.1, 0.15) is 5.84 Å². The van der Waals surface area contributed by atoms with Crippen LogP contribution in [0.15, 0.2) is 18.2 Å². The molecule has 0 aliphatic rings. The van der Waals surface area contributed by atoms with Crippen LogP contribution in [0.4, 0.5) is 18.9 Å². The van der Waals surface area contributed by atoms with Crippen LogP contribution in [0.2, 0.25) is 0 Å². The molecule has 0 spiro atoms. The average molecular weight is 287 g/mol. The van der Waals surface area contributed by atoms with Crippen LogP contribution in [0.25, 0.3) is 0 Å². The zero-order chi connectivity index (χ0) is 15.3.